The lowest BCUT2D eigenvalue weighted by Crippen LogP contribution is -2.44. The molecule has 1 aliphatic rings. The molecule has 2 amide bonds. The largest absolute Gasteiger partial charge is 0.457 e. The van der Waals surface area contributed by atoms with Gasteiger partial charge in [0.1, 0.15) is 17.3 Å². The third-order valence-corrected chi connectivity index (χ3v) is 6.53. The number of hydrogen-bond acceptors (Lipinski definition) is 6. The molecule has 5 rings (SSSR count). The number of fused-ring (bicyclic) bond motifs is 1. The van der Waals surface area contributed by atoms with Crippen LogP contribution < -0.4 is 20.3 Å². The van der Waals surface area contributed by atoms with E-state index in [-0.39, 0.29) is 11.8 Å². The first-order chi connectivity index (χ1) is 19.0. The van der Waals surface area contributed by atoms with Gasteiger partial charge in [-0.15, -0.1) is 0 Å². The first kappa shape index (κ1) is 27.6. The molecule has 2 N–H and O–H groups in total. The lowest BCUT2D eigenvalue weighted by atomic mass is 10.0. The van der Waals surface area contributed by atoms with E-state index in [0.717, 1.165) is 42.6 Å². The smallest absolute Gasteiger partial charge is 0.256 e. The zero-order chi connectivity index (χ0) is 27.8. The monoisotopic (exact) mass is 525 g/mol. The van der Waals surface area contributed by atoms with E-state index in [9.17, 15) is 9.59 Å². The second-order valence-corrected chi connectivity index (χ2v) is 9.04. The van der Waals surface area contributed by atoms with Crippen LogP contribution in [-0.4, -0.2) is 62.0 Å². The minimum absolute atomic E-state index is 0.136. The van der Waals surface area contributed by atoms with Crippen LogP contribution >= 0.6 is 0 Å². The average Bonchev–Trinajstić information content (AvgIpc) is 2.98. The minimum Gasteiger partial charge on any atom is -0.457 e. The number of benzene rings is 3. The second kappa shape index (κ2) is 12.9. The highest BCUT2D eigenvalue weighted by Crippen LogP contribution is 2.28. The third kappa shape index (κ3) is 6.72. The summed E-state index contributed by atoms with van der Waals surface area (Å²) < 4.78 is 6.03. The van der Waals surface area contributed by atoms with E-state index in [2.05, 4.69) is 32.5 Å². The Balaban J connectivity index is 0.00000172. The van der Waals surface area contributed by atoms with Crippen molar-refractivity contribution >= 4 is 34.1 Å². The Bertz CT molecular complexity index is 1430. The standard InChI is InChI=1S/C29H29N5O3.C2H6/c1-30-29(36)26-5-3-4-21-18-23(10-11-25(21)26)37-24-12-13-31-27(19-24)32-28(35)20-6-8-22(9-7-20)34-16-14-33(2)15-17-34;1-2/h3-13,18-19H,14-17H2,1-2H3,(H,30,36)(H,31,32,35);1-2H3. The maximum atomic E-state index is 12.8. The zero-order valence-corrected chi connectivity index (χ0v) is 22.9. The van der Waals surface area contributed by atoms with Gasteiger partial charge in [0.2, 0.25) is 0 Å². The van der Waals surface area contributed by atoms with Gasteiger partial charge in [-0.2, -0.15) is 0 Å². The Morgan fingerprint density at radius 1 is 0.846 bits per heavy atom. The van der Waals surface area contributed by atoms with Gasteiger partial charge in [-0.3, -0.25) is 9.59 Å². The van der Waals surface area contributed by atoms with Crippen molar-refractivity contribution in [1.29, 1.82) is 0 Å². The first-order valence-electron chi connectivity index (χ1n) is 13.2. The maximum absolute atomic E-state index is 12.8. The molecule has 202 valence electrons. The molecular formula is C31H35N5O3. The molecule has 8 heteroatoms. The van der Waals surface area contributed by atoms with Crippen molar-refractivity contribution < 1.29 is 14.3 Å². The number of pyridine rings is 1. The van der Waals surface area contributed by atoms with Crippen LogP contribution in [0.4, 0.5) is 11.5 Å². The van der Waals surface area contributed by atoms with Gasteiger partial charge in [-0.1, -0.05) is 26.0 Å². The summed E-state index contributed by atoms with van der Waals surface area (Å²) in [5.74, 6) is 1.18. The molecule has 0 saturated carbocycles. The highest BCUT2D eigenvalue weighted by Gasteiger charge is 2.15. The molecule has 1 aliphatic heterocycles. The molecule has 3 aromatic carbocycles. The second-order valence-electron chi connectivity index (χ2n) is 9.04. The molecule has 0 aliphatic carbocycles. The van der Waals surface area contributed by atoms with Crippen LogP contribution in [0, 0.1) is 0 Å². The molecule has 0 atom stereocenters. The summed E-state index contributed by atoms with van der Waals surface area (Å²) in [5.41, 5.74) is 2.29. The molecule has 2 heterocycles. The van der Waals surface area contributed by atoms with E-state index >= 15 is 0 Å². The molecule has 0 bridgehead atoms. The number of rotatable bonds is 6. The molecule has 1 aromatic heterocycles. The lowest BCUT2D eigenvalue weighted by Gasteiger charge is -2.34. The zero-order valence-electron chi connectivity index (χ0n) is 22.9. The summed E-state index contributed by atoms with van der Waals surface area (Å²) in [7, 11) is 3.74. The Labute approximate surface area is 229 Å². The number of amides is 2. The highest BCUT2D eigenvalue weighted by molar-refractivity contribution is 6.07. The molecule has 0 radical (unpaired) electrons. The van der Waals surface area contributed by atoms with Gasteiger partial charge < -0.3 is 25.2 Å². The predicted octanol–water partition coefficient (Wildman–Crippen LogP) is 5.42. The molecule has 39 heavy (non-hydrogen) atoms. The number of nitrogens with one attached hydrogen (secondary N) is 2. The van der Waals surface area contributed by atoms with Crippen molar-refractivity contribution in [2.24, 2.45) is 0 Å². The van der Waals surface area contributed by atoms with E-state index in [1.54, 1.807) is 31.4 Å². The number of piperazine rings is 1. The van der Waals surface area contributed by atoms with Crippen LogP contribution in [0.1, 0.15) is 34.6 Å². The number of hydrogen-bond donors (Lipinski definition) is 2. The quantitative estimate of drug-likeness (QED) is 0.350. The number of carbonyl (C=O) groups is 2. The van der Waals surface area contributed by atoms with Crippen LogP contribution in [-0.2, 0) is 0 Å². The van der Waals surface area contributed by atoms with Gasteiger partial charge >= 0.3 is 0 Å². The van der Waals surface area contributed by atoms with Crippen molar-refractivity contribution in [3.05, 3.63) is 90.1 Å². The maximum Gasteiger partial charge on any atom is 0.256 e. The van der Waals surface area contributed by atoms with E-state index in [1.807, 2.05) is 68.4 Å². The van der Waals surface area contributed by atoms with Crippen molar-refractivity contribution in [2.45, 2.75) is 13.8 Å². The normalized spacial score (nSPS) is 13.3. The Hall–Kier alpha value is -4.43. The number of anilines is 2. The van der Waals surface area contributed by atoms with Crippen LogP contribution in [0.3, 0.4) is 0 Å². The summed E-state index contributed by atoms with van der Waals surface area (Å²) in [6, 6.07) is 22.2. The fourth-order valence-electron chi connectivity index (χ4n) is 4.41. The summed E-state index contributed by atoms with van der Waals surface area (Å²) in [6.45, 7) is 8.02. The Kier molecular flexibility index (Phi) is 9.12. The van der Waals surface area contributed by atoms with Crippen LogP contribution in [0.5, 0.6) is 11.5 Å². The van der Waals surface area contributed by atoms with Crippen LogP contribution in [0.25, 0.3) is 10.8 Å². The number of likely N-dealkylation sites (N-methyl/N-ethyl adjacent to an activating group) is 1. The summed E-state index contributed by atoms with van der Waals surface area (Å²) in [4.78, 5) is 33.9. The Morgan fingerprint density at radius 2 is 1.56 bits per heavy atom. The van der Waals surface area contributed by atoms with Crippen molar-refractivity contribution in [3.8, 4) is 11.5 Å². The third-order valence-electron chi connectivity index (χ3n) is 6.53. The van der Waals surface area contributed by atoms with E-state index in [0.29, 0.717) is 28.4 Å². The first-order valence-corrected chi connectivity index (χ1v) is 13.2. The topological polar surface area (TPSA) is 86.8 Å². The van der Waals surface area contributed by atoms with Crippen LogP contribution in [0.2, 0.25) is 0 Å². The predicted molar refractivity (Wildman–Crippen MR) is 157 cm³/mol. The van der Waals surface area contributed by atoms with Crippen molar-refractivity contribution in [2.75, 3.05) is 50.5 Å². The molecular weight excluding hydrogens is 490 g/mol. The molecule has 8 nitrogen and oxygen atoms in total. The molecule has 0 unspecified atom stereocenters. The summed E-state index contributed by atoms with van der Waals surface area (Å²) >= 11 is 0. The van der Waals surface area contributed by atoms with Gasteiger partial charge in [0.25, 0.3) is 11.8 Å². The fourth-order valence-corrected chi connectivity index (χ4v) is 4.41. The SMILES string of the molecule is CC.CNC(=O)c1cccc2cc(Oc3ccnc(NC(=O)c4ccc(N5CCN(C)CC5)cc4)c3)ccc12. The summed E-state index contributed by atoms with van der Waals surface area (Å²) in [6.07, 6.45) is 1.59. The van der Waals surface area contributed by atoms with Crippen LogP contribution in [0.15, 0.2) is 79.0 Å². The van der Waals surface area contributed by atoms with E-state index < -0.39 is 0 Å². The number of carbonyl (C=O) groups excluding carboxylic acids is 2. The van der Waals surface area contributed by atoms with Crippen molar-refractivity contribution in [3.63, 3.8) is 0 Å². The van der Waals surface area contributed by atoms with Crippen molar-refractivity contribution in [1.82, 2.24) is 15.2 Å². The summed E-state index contributed by atoms with van der Waals surface area (Å²) in [5, 5.41) is 7.25. The number of aromatic nitrogens is 1. The van der Waals surface area contributed by atoms with E-state index in [1.165, 1.54) is 0 Å². The van der Waals surface area contributed by atoms with Gasteiger partial charge in [0.15, 0.2) is 0 Å². The van der Waals surface area contributed by atoms with Gasteiger partial charge in [0, 0.05) is 62.3 Å². The molecule has 0 spiro atoms. The minimum atomic E-state index is -0.234. The highest BCUT2D eigenvalue weighted by atomic mass is 16.5. The number of nitrogens with zero attached hydrogens (tertiary/aromatic N) is 3. The van der Waals surface area contributed by atoms with Gasteiger partial charge in [-0.25, -0.2) is 4.98 Å². The fraction of sp³-hybridized carbons (Fsp3) is 0.258. The Morgan fingerprint density at radius 3 is 2.28 bits per heavy atom. The molecule has 1 saturated heterocycles. The lowest BCUT2D eigenvalue weighted by molar-refractivity contribution is 0.0963. The average molecular weight is 526 g/mol. The van der Waals surface area contributed by atoms with Gasteiger partial charge in [0.05, 0.1) is 0 Å². The van der Waals surface area contributed by atoms with E-state index in [4.69, 9.17) is 4.74 Å². The number of ether oxygens (including phenoxy) is 1. The van der Waals surface area contributed by atoms with Gasteiger partial charge in [-0.05, 0) is 72.4 Å². The molecule has 4 aromatic rings. The molecule has 1 fully saturated rings.